The van der Waals surface area contributed by atoms with E-state index in [4.69, 9.17) is 0 Å². The molecular weight excluding hydrogens is 408 g/mol. The Labute approximate surface area is 201 Å². The van der Waals surface area contributed by atoms with Gasteiger partial charge < -0.3 is 15.0 Å². The van der Waals surface area contributed by atoms with Crippen LogP contribution in [0.3, 0.4) is 0 Å². The standard InChI is InChI=1S/C30H48O3/c1-25(2)14-15-30(18-31)20(16-25)19-8-9-22-27(5)12-11-23(32)26(3,4)21(27)10-13-28(22,6)29(19,7)17-24(30)33/h8,18,20-24,32-33H,9-17H2,1-7H3/t20-,21?,22-,23+,24+,27+,28-,29-,30-/m1/s1. The van der Waals surface area contributed by atoms with Crippen LogP contribution >= 0.6 is 0 Å². The third-order valence-electron chi connectivity index (χ3n) is 13.0. The second kappa shape index (κ2) is 6.96. The fourth-order valence-corrected chi connectivity index (χ4v) is 10.6. The Balaban J connectivity index is 1.62. The van der Waals surface area contributed by atoms with Gasteiger partial charge >= 0.3 is 0 Å². The molecule has 0 bridgehead atoms. The van der Waals surface area contributed by atoms with E-state index in [1.54, 1.807) is 0 Å². The molecule has 0 aromatic heterocycles. The summed E-state index contributed by atoms with van der Waals surface area (Å²) in [6.07, 6.45) is 11.9. The van der Waals surface area contributed by atoms with Gasteiger partial charge in [-0.05, 0) is 103 Å². The Kier molecular flexibility index (Phi) is 5.07. The van der Waals surface area contributed by atoms with Crippen molar-refractivity contribution in [2.24, 2.45) is 50.2 Å². The highest BCUT2D eigenvalue weighted by molar-refractivity contribution is 5.64. The zero-order valence-corrected chi connectivity index (χ0v) is 22.2. The third-order valence-corrected chi connectivity index (χ3v) is 13.0. The Bertz CT molecular complexity index is 872. The second-order valence-electron chi connectivity index (χ2n) is 15.0. The summed E-state index contributed by atoms with van der Waals surface area (Å²) in [7, 11) is 0. The number of hydrogen-bond donors (Lipinski definition) is 2. The Morgan fingerprint density at radius 3 is 2.21 bits per heavy atom. The van der Waals surface area contributed by atoms with Crippen LogP contribution in [0, 0.1) is 50.2 Å². The van der Waals surface area contributed by atoms with Gasteiger partial charge in [0.1, 0.15) is 6.29 Å². The van der Waals surface area contributed by atoms with Crippen molar-refractivity contribution in [3.63, 3.8) is 0 Å². The lowest BCUT2D eigenvalue weighted by molar-refractivity contribution is -0.213. The van der Waals surface area contributed by atoms with Crippen LogP contribution in [0.25, 0.3) is 0 Å². The molecule has 33 heavy (non-hydrogen) atoms. The van der Waals surface area contributed by atoms with Gasteiger partial charge in [0.15, 0.2) is 0 Å². The third kappa shape index (κ3) is 2.85. The molecule has 0 spiro atoms. The van der Waals surface area contributed by atoms with E-state index in [1.165, 1.54) is 5.57 Å². The summed E-state index contributed by atoms with van der Waals surface area (Å²) in [6, 6.07) is 0. The molecule has 5 rings (SSSR count). The van der Waals surface area contributed by atoms with Crippen molar-refractivity contribution in [2.75, 3.05) is 0 Å². The fraction of sp³-hybridized carbons (Fsp3) is 0.900. The summed E-state index contributed by atoms with van der Waals surface area (Å²) in [4.78, 5) is 12.6. The highest BCUT2D eigenvalue weighted by atomic mass is 16.3. The van der Waals surface area contributed by atoms with E-state index in [0.717, 1.165) is 57.7 Å². The largest absolute Gasteiger partial charge is 0.393 e. The van der Waals surface area contributed by atoms with Gasteiger partial charge in [0.2, 0.25) is 0 Å². The van der Waals surface area contributed by atoms with Gasteiger partial charge in [0.05, 0.1) is 17.6 Å². The predicted octanol–water partition coefficient (Wildman–Crippen LogP) is 6.32. The summed E-state index contributed by atoms with van der Waals surface area (Å²) < 4.78 is 0. The average Bonchev–Trinajstić information content (AvgIpc) is 2.71. The zero-order valence-electron chi connectivity index (χ0n) is 22.2. The van der Waals surface area contributed by atoms with Gasteiger partial charge in [-0.1, -0.05) is 60.1 Å². The molecule has 3 nitrogen and oxygen atoms in total. The van der Waals surface area contributed by atoms with Crippen molar-refractivity contribution >= 4 is 6.29 Å². The van der Waals surface area contributed by atoms with Gasteiger partial charge in [-0.25, -0.2) is 0 Å². The summed E-state index contributed by atoms with van der Waals surface area (Å²) in [5.74, 6) is 1.25. The minimum Gasteiger partial charge on any atom is -0.393 e. The molecule has 0 amide bonds. The number of aliphatic hydroxyl groups excluding tert-OH is 2. The molecule has 2 N–H and O–H groups in total. The SMILES string of the molecule is CC1(C)CC[C@@]2(C=O)[C@H](C1)C1=CC[C@@H]3[C@@]4(C)CC[C@H](O)C(C)(C)C4CC[C@@]3(C)[C@]1(C)C[C@@H]2O. The van der Waals surface area contributed by atoms with Crippen LogP contribution in [0.4, 0.5) is 0 Å². The number of aliphatic hydroxyl groups is 2. The molecular formula is C30H48O3. The van der Waals surface area contributed by atoms with Crippen molar-refractivity contribution in [1.29, 1.82) is 0 Å². The topological polar surface area (TPSA) is 57.5 Å². The summed E-state index contributed by atoms with van der Waals surface area (Å²) in [6.45, 7) is 16.8. The lowest BCUT2D eigenvalue weighted by Gasteiger charge is -2.71. The minimum absolute atomic E-state index is 0.0502. The maximum Gasteiger partial charge on any atom is 0.129 e. The number of rotatable bonds is 1. The number of allylic oxidation sites excluding steroid dienone is 2. The highest BCUT2D eigenvalue weighted by Gasteiger charge is 2.69. The van der Waals surface area contributed by atoms with E-state index < -0.39 is 11.5 Å². The minimum atomic E-state index is -0.595. The molecule has 5 aliphatic rings. The average molecular weight is 457 g/mol. The zero-order chi connectivity index (χ0) is 24.2. The Morgan fingerprint density at radius 1 is 0.848 bits per heavy atom. The molecule has 0 radical (unpaired) electrons. The maximum absolute atomic E-state index is 12.6. The number of carbonyl (C=O) groups is 1. The lowest BCUT2D eigenvalue weighted by Crippen LogP contribution is -2.66. The van der Waals surface area contributed by atoms with Gasteiger partial charge in [-0.2, -0.15) is 0 Å². The number of carbonyl (C=O) groups excluding carboxylic acids is 1. The van der Waals surface area contributed by atoms with Crippen LogP contribution in [-0.2, 0) is 4.79 Å². The Morgan fingerprint density at radius 2 is 1.55 bits per heavy atom. The maximum atomic E-state index is 12.6. The van der Waals surface area contributed by atoms with Gasteiger partial charge in [0.25, 0.3) is 0 Å². The Hall–Kier alpha value is -0.670. The van der Waals surface area contributed by atoms with Crippen molar-refractivity contribution in [3.05, 3.63) is 11.6 Å². The normalized spacial score (nSPS) is 54.7. The van der Waals surface area contributed by atoms with Crippen molar-refractivity contribution in [1.82, 2.24) is 0 Å². The predicted molar refractivity (Wildman–Crippen MR) is 132 cm³/mol. The van der Waals surface area contributed by atoms with E-state index in [1.807, 2.05) is 0 Å². The smallest absolute Gasteiger partial charge is 0.129 e. The van der Waals surface area contributed by atoms with Crippen molar-refractivity contribution < 1.29 is 15.0 Å². The van der Waals surface area contributed by atoms with Gasteiger partial charge in [-0.15, -0.1) is 0 Å². The first-order valence-electron chi connectivity index (χ1n) is 13.7. The molecule has 0 heterocycles. The van der Waals surface area contributed by atoms with Crippen LogP contribution in [0.2, 0.25) is 0 Å². The first kappa shape index (κ1) is 24.0. The molecule has 9 atom stereocenters. The van der Waals surface area contributed by atoms with E-state index in [2.05, 4.69) is 54.5 Å². The van der Waals surface area contributed by atoms with Crippen LogP contribution in [0.5, 0.6) is 0 Å². The van der Waals surface area contributed by atoms with Crippen molar-refractivity contribution in [2.45, 2.75) is 118 Å². The van der Waals surface area contributed by atoms with Crippen molar-refractivity contribution in [3.8, 4) is 0 Å². The molecule has 0 aromatic rings. The molecule has 186 valence electrons. The quantitative estimate of drug-likeness (QED) is 0.359. The fourth-order valence-electron chi connectivity index (χ4n) is 10.6. The molecule has 3 heteroatoms. The second-order valence-corrected chi connectivity index (χ2v) is 15.0. The molecule has 4 saturated carbocycles. The summed E-state index contributed by atoms with van der Waals surface area (Å²) in [5.41, 5.74) is 1.31. The lowest BCUT2D eigenvalue weighted by atomic mass is 9.33. The van der Waals surface area contributed by atoms with E-state index >= 15 is 0 Å². The van der Waals surface area contributed by atoms with E-state index in [0.29, 0.717) is 18.3 Å². The molecule has 0 aromatic carbocycles. The summed E-state index contributed by atoms with van der Waals surface area (Å²) in [5, 5.41) is 22.5. The molecule has 4 fully saturated rings. The first-order valence-corrected chi connectivity index (χ1v) is 13.7. The molecule has 1 unspecified atom stereocenters. The van der Waals surface area contributed by atoms with Crippen LogP contribution in [0.1, 0.15) is 106 Å². The number of hydrogen-bond acceptors (Lipinski definition) is 3. The first-order chi connectivity index (χ1) is 15.2. The van der Waals surface area contributed by atoms with Crippen LogP contribution < -0.4 is 0 Å². The highest BCUT2D eigenvalue weighted by Crippen LogP contribution is 2.75. The monoisotopic (exact) mass is 456 g/mol. The van der Waals surface area contributed by atoms with E-state index in [9.17, 15) is 15.0 Å². The summed E-state index contributed by atoms with van der Waals surface area (Å²) >= 11 is 0. The van der Waals surface area contributed by atoms with E-state index in [-0.39, 0.29) is 39.1 Å². The number of aldehydes is 1. The molecule has 5 aliphatic carbocycles. The van der Waals surface area contributed by atoms with Crippen LogP contribution in [-0.4, -0.2) is 28.7 Å². The van der Waals surface area contributed by atoms with Crippen LogP contribution in [0.15, 0.2) is 11.6 Å². The molecule has 0 aliphatic heterocycles. The van der Waals surface area contributed by atoms with Gasteiger partial charge in [-0.3, -0.25) is 0 Å². The van der Waals surface area contributed by atoms with Gasteiger partial charge in [0, 0.05) is 0 Å². The molecule has 0 saturated heterocycles. The number of fused-ring (bicyclic) bond motifs is 7.